The molecule has 5 heteroatoms. The zero-order valence-corrected chi connectivity index (χ0v) is 15.3. The fraction of sp³-hybridized carbons (Fsp3) is 0.136. The number of hydrogen-bond acceptors (Lipinski definition) is 3. The van der Waals surface area contributed by atoms with Gasteiger partial charge in [0.25, 0.3) is 5.91 Å². The Morgan fingerprint density at radius 2 is 1.85 bits per heavy atom. The van der Waals surface area contributed by atoms with E-state index in [0.29, 0.717) is 12.1 Å². The van der Waals surface area contributed by atoms with Crippen molar-refractivity contribution in [2.24, 2.45) is 0 Å². The first-order valence-electron chi connectivity index (χ1n) is 8.86. The third-order valence-corrected chi connectivity index (χ3v) is 4.52. The number of aromatic nitrogens is 3. The summed E-state index contributed by atoms with van der Waals surface area (Å²) in [4.78, 5) is 21.6. The maximum Gasteiger partial charge on any atom is 0.251 e. The summed E-state index contributed by atoms with van der Waals surface area (Å²) in [6.07, 6.45) is 1.75. The Morgan fingerprint density at radius 3 is 2.67 bits per heavy atom. The molecule has 4 aromatic rings. The maximum atomic E-state index is 12.6. The van der Waals surface area contributed by atoms with Crippen molar-refractivity contribution in [1.29, 1.82) is 0 Å². The van der Waals surface area contributed by atoms with E-state index in [1.165, 1.54) is 5.56 Å². The van der Waals surface area contributed by atoms with Gasteiger partial charge in [0.15, 0.2) is 5.65 Å². The van der Waals surface area contributed by atoms with Crippen molar-refractivity contribution in [3.8, 4) is 5.69 Å². The van der Waals surface area contributed by atoms with Crippen LogP contribution in [0.1, 0.15) is 27.3 Å². The minimum atomic E-state index is -0.104. The third kappa shape index (κ3) is 3.44. The number of imidazole rings is 1. The first-order chi connectivity index (χ1) is 13.1. The van der Waals surface area contributed by atoms with Gasteiger partial charge in [-0.3, -0.25) is 9.36 Å². The molecule has 134 valence electrons. The van der Waals surface area contributed by atoms with Crippen molar-refractivity contribution in [3.05, 3.63) is 89.4 Å². The number of hydrogen-bond donors (Lipinski definition) is 1. The maximum absolute atomic E-state index is 12.6. The fourth-order valence-corrected chi connectivity index (χ4v) is 3.11. The second-order valence-corrected chi connectivity index (χ2v) is 6.56. The van der Waals surface area contributed by atoms with Gasteiger partial charge < -0.3 is 5.32 Å². The van der Waals surface area contributed by atoms with E-state index in [-0.39, 0.29) is 5.91 Å². The van der Waals surface area contributed by atoms with Crippen LogP contribution in [-0.2, 0) is 6.54 Å². The summed E-state index contributed by atoms with van der Waals surface area (Å²) in [6.45, 7) is 4.48. The number of fused-ring (bicyclic) bond motifs is 1. The van der Waals surface area contributed by atoms with Gasteiger partial charge in [0.05, 0.1) is 0 Å². The summed E-state index contributed by atoms with van der Waals surface area (Å²) in [5.74, 6) is 0.730. The van der Waals surface area contributed by atoms with Gasteiger partial charge in [-0.2, -0.15) is 0 Å². The Balaban J connectivity index is 1.59. The number of aryl methyl sites for hydroxylation is 2. The first-order valence-corrected chi connectivity index (χ1v) is 8.86. The van der Waals surface area contributed by atoms with Gasteiger partial charge in [0, 0.05) is 24.0 Å². The zero-order valence-electron chi connectivity index (χ0n) is 15.3. The van der Waals surface area contributed by atoms with Crippen LogP contribution < -0.4 is 5.32 Å². The summed E-state index contributed by atoms with van der Waals surface area (Å²) < 4.78 is 1.96. The molecule has 2 aromatic heterocycles. The Labute approximate surface area is 157 Å². The Kier molecular flexibility index (Phi) is 4.42. The predicted molar refractivity (Wildman–Crippen MR) is 106 cm³/mol. The monoisotopic (exact) mass is 356 g/mol. The molecular weight excluding hydrogens is 336 g/mol. The summed E-state index contributed by atoms with van der Waals surface area (Å²) in [7, 11) is 0. The molecule has 2 aromatic carbocycles. The summed E-state index contributed by atoms with van der Waals surface area (Å²) in [6, 6.07) is 19.5. The molecule has 0 unspecified atom stereocenters. The lowest BCUT2D eigenvalue weighted by molar-refractivity contribution is 0.0951. The van der Waals surface area contributed by atoms with Crippen LogP contribution in [0.25, 0.3) is 16.9 Å². The molecule has 0 saturated heterocycles. The number of rotatable bonds is 4. The normalized spacial score (nSPS) is 10.9. The highest BCUT2D eigenvalue weighted by Gasteiger charge is 2.12. The van der Waals surface area contributed by atoms with E-state index in [1.807, 2.05) is 79.1 Å². The van der Waals surface area contributed by atoms with Crippen molar-refractivity contribution in [1.82, 2.24) is 19.9 Å². The van der Waals surface area contributed by atoms with Gasteiger partial charge in [-0.25, -0.2) is 9.97 Å². The quantitative estimate of drug-likeness (QED) is 0.602. The van der Waals surface area contributed by atoms with Gasteiger partial charge >= 0.3 is 0 Å². The van der Waals surface area contributed by atoms with Gasteiger partial charge in [0.1, 0.15) is 11.3 Å². The zero-order chi connectivity index (χ0) is 18.8. The second kappa shape index (κ2) is 7.03. The minimum Gasteiger partial charge on any atom is -0.348 e. The van der Waals surface area contributed by atoms with Crippen LogP contribution in [0.15, 0.2) is 66.9 Å². The molecule has 0 aliphatic rings. The minimum absolute atomic E-state index is 0.104. The molecule has 0 aliphatic heterocycles. The van der Waals surface area contributed by atoms with Gasteiger partial charge in [0.2, 0.25) is 0 Å². The Bertz CT molecular complexity index is 1110. The highest BCUT2D eigenvalue weighted by atomic mass is 16.1. The molecule has 1 amide bonds. The number of pyridine rings is 1. The van der Waals surface area contributed by atoms with E-state index >= 15 is 0 Å². The Morgan fingerprint density at radius 1 is 1.04 bits per heavy atom. The van der Waals surface area contributed by atoms with Crippen LogP contribution in [0.3, 0.4) is 0 Å². The molecule has 2 heterocycles. The lowest BCUT2D eigenvalue weighted by Crippen LogP contribution is -2.22. The van der Waals surface area contributed by atoms with Crippen LogP contribution in [0.5, 0.6) is 0 Å². The molecule has 0 fully saturated rings. The van der Waals surface area contributed by atoms with Gasteiger partial charge in [-0.15, -0.1) is 0 Å². The van der Waals surface area contributed by atoms with Crippen molar-refractivity contribution >= 4 is 17.1 Å². The predicted octanol–water partition coefficient (Wildman–Crippen LogP) is 3.97. The molecular formula is C22H20N4O. The van der Waals surface area contributed by atoms with Crippen molar-refractivity contribution in [2.75, 3.05) is 0 Å². The molecule has 0 atom stereocenters. The average molecular weight is 356 g/mol. The number of nitrogens with zero attached hydrogens (tertiary/aromatic N) is 3. The lowest BCUT2D eigenvalue weighted by atomic mass is 10.1. The van der Waals surface area contributed by atoms with Gasteiger partial charge in [-0.05, 0) is 49.7 Å². The van der Waals surface area contributed by atoms with Gasteiger partial charge in [-0.1, -0.05) is 35.9 Å². The molecule has 4 rings (SSSR count). The van der Waals surface area contributed by atoms with E-state index in [1.54, 1.807) is 6.20 Å². The number of benzene rings is 2. The smallest absolute Gasteiger partial charge is 0.251 e. The van der Waals surface area contributed by atoms with Crippen molar-refractivity contribution < 1.29 is 4.79 Å². The van der Waals surface area contributed by atoms with Crippen molar-refractivity contribution in [2.45, 2.75) is 20.4 Å². The number of carbonyl (C=O) groups is 1. The number of nitrogens with one attached hydrogen (secondary N) is 1. The third-order valence-electron chi connectivity index (χ3n) is 4.52. The molecule has 0 radical (unpaired) electrons. The molecule has 0 bridgehead atoms. The topological polar surface area (TPSA) is 59.8 Å². The summed E-state index contributed by atoms with van der Waals surface area (Å²) >= 11 is 0. The first kappa shape index (κ1) is 17.0. The van der Waals surface area contributed by atoms with E-state index in [4.69, 9.17) is 0 Å². The SMILES string of the molecule is Cc1ccc(CNC(=O)c2cccc(-n3c(C)nc4cccnc43)c2)cc1. The van der Waals surface area contributed by atoms with Crippen LogP contribution >= 0.6 is 0 Å². The average Bonchev–Trinajstić information content (AvgIpc) is 3.03. The van der Waals surface area contributed by atoms with E-state index in [2.05, 4.69) is 15.3 Å². The lowest BCUT2D eigenvalue weighted by Gasteiger charge is -2.10. The highest BCUT2D eigenvalue weighted by Crippen LogP contribution is 2.20. The fourth-order valence-electron chi connectivity index (χ4n) is 3.11. The summed E-state index contributed by atoms with van der Waals surface area (Å²) in [5.41, 5.74) is 5.38. The van der Waals surface area contributed by atoms with Crippen LogP contribution in [-0.4, -0.2) is 20.4 Å². The van der Waals surface area contributed by atoms with Crippen molar-refractivity contribution in [3.63, 3.8) is 0 Å². The molecule has 0 saturated carbocycles. The number of carbonyl (C=O) groups excluding carboxylic acids is 1. The molecule has 0 aliphatic carbocycles. The second-order valence-electron chi connectivity index (χ2n) is 6.56. The van der Waals surface area contributed by atoms with Crippen LogP contribution in [0, 0.1) is 13.8 Å². The highest BCUT2D eigenvalue weighted by molar-refractivity contribution is 5.94. The van der Waals surface area contributed by atoms with E-state index in [0.717, 1.165) is 28.2 Å². The van der Waals surface area contributed by atoms with E-state index < -0.39 is 0 Å². The largest absolute Gasteiger partial charge is 0.348 e. The standard InChI is InChI=1S/C22H20N4O/c1-15-8-10-17(11-9-15)14-24-22(27)18-5-3-6-19(13-18)26-16(2)25-20-7-4-12-23-21(20)26/h3-13H,14H2,1-2H3,(H,24,27). The van der Waals surface area contributed by atoms with Crippen LogP contribution in [0.2, 0.25) is 0 Å². The van der Waals surface area contributed by atoms with Crippen LogP contribution in [0.4, 0.5) is 0 Å². The molecule has 27 heavy (non-hydrogen) atoms. The molecule has 1 N–H and O–H groups in total. The Hall–Kier alpha value is -3.47. The number of amides is 1. The molecule has 5 nitrogen and oxygen atoms in total. The summed E-state index contributed by atoms with van der Waals surface area (Å²) in [5, 5.41) is 2.98. The van der Waals surface area contributed by atoms with E-state index in [9.17, 15) is 4.79 Å². The molecule has 0 spiro atoms.